The van der Waals surface area contributed by atoms with Crippen LogP contribution in [0, 0.1) is 19.8 Å². The second-order valence-electron chi connectivity index (χ2n) is 4.80. The van der Waals surface area contributed by atoms with Crippen LogP contribution in [0.15, 0.2) is 16.6 Å². The lowest BCUT2D eigenvalue weighted by atomic mass is 10.1. The van der Waals surface area contributed by atoms with Crippen molar-refractivity contribution in [3.63, 3.8) is 0 Å². The predicted molar refractivity (Wildman–Crippen MR) is 73.9 cm³/mol. The standard InChI is InChI=1S/C12H16BrNO2S/c1-8-6-14(17(15,16)7-8)12-9(2)4-11(13)5-10(12)3/h4-5,8H,6-7H2,1-3H3. The van der Waals surface area contributed by atoms with Crippen LogP contribution in [0.5, 0.6) is 0 Å². The Morgan fingerprint density at radius 3 is 2.24 bits per heavy atom. The molecular weight excluding hydrogens is 302 g/mol. The zero-order valence-corrected chi connectivity index (χ0v) is 12.6. The van der Waals surface area contributed by atoms with Gasteiger partial charge in [-0.15, -0.1) is 0 Å². The van der Waals surface area contributed by atoms with Crippen molar-refractivity contribution in [3.05, 3.63) is 27.7 Å². The Kier molecular flexibility index (Phi) is 3.25. The van der Waals surface area contributed by atoms with Gasteiger partial charge in [0.25, 0.3) is 0 Å². The minimum Gasteiger partial charge on any atom is -0.269 e. The smallest absolute Gasteiger partial charge is 0.235 e. The van der Waals surface area contributed by atoms with Crippen molar-refractivity contribution in [2.24, 2.45) is 5.92 Å². The van der Waals surface area contributed by atoms with Crippen LogP contribution in [0.25, 0.3) is 0 Å². The Labute approximate surface area is 111 Å². The van der Waals surface area contributed by atoms with Gasteiger partial charge in [-0.3, -0.25) is 4.31 Å². The third-order valence-corrected chi connectivity index (χ3v) is 5.46. The predicted octanol–water partition coefficient (Wildman–Crippen LogP) is 2.85. The average molecular weight is 318 g/mol. The topological polar surface area (TPSA) is 37.4 Å². The molecule has 0 saturated carbocycles. The number of aryl methyl sites for hydroxylation is 2. The van der Waals surface area contributed by atoms with Crippen LogP contribution in [0.1, 0.15) is 18.1 Å². The molecule has 1 aliphatic rings. The first-order valence-electron chi connectivity index (χ1n) is 5.58. The maximum Gasteiger partial charge on any atom is 0.235 e. The molecule has 5 heteroatoms. The van der Waals surface area contributed by atoms with Gasteiger partial charge in [-0.05, 0) is 43.0 Å². The fraction of sp³-hybridized carbons (Fsp3) is 0.500. The van der Waals surface area contributed by atoms with Crippen LogP contribution in [0.3, 0.4) is 0 Å². The van der Waals surface area contributed by atoms with Crippen LogP contribution in [0.2, 0.25) is 0 Å². The lowest BCUT2D eigenvalue weighted by Gasteiger charge is -2.22. The number of sulfonamides is 1. The summed E-state index contributed by atoms with van der Waals surface area (Å²) in [5, 5.41) is 0. The molecule has 3 nitrogen and oxygen atoms in total. The zero-order valence-electron chi connectivity index (χ0n) is 10.2. The minimum absolute atomic E-state index is 0.197. The van der Waals surface area contributed by atoms with E-state index < -0.39 is 10.0 Å². The van der Waals surface area contributed by atoms with E-state index in [0.717, 1.165) is 21.3 Å². The Morgan fingerprint density at radius 1 is 1.29 bits per heavy atom. The molecule has 1 unspecified atom stereocenters. The number of benzene rings is 1. The maximum atomic E-state index is 12.1. The van der Waals surface area contributed by atoms with Gasteiger partial charge in [-0.25, -0.2) is 8.42 Å². The van der Waals surface area contributed by atoms with Gasteiger partial charge in [0, 0.05) is 11.0 Å². The Morgan fingerprint density at radius 2 is 1.82 bits per heavy atom. The summed E-state index contributed by atoms with van der Waals surface area (Å²) in [6.45, 7) is 6.46. The zero-order chi connectivity index (χ0) is 12.8. The molecule has 0 bridgehead atoms. The summed E-state index contributed by atoms with van der Waals surface area (Å²) in [6.07, 6.45) is 0. The molecule has 94 valence electrons. The van der Waals surface area contributed by atoms with E-state index in [0.29, 0.717) is 6.54 Å². The Bertz CT molecular complexity index is 531. The number of nitrogens with zero attached hydrogens (tertiary/aromatic N) is 1. The molecule has 0 aliphatic carbocycles. The normalized spacial score (nSPS) is 23.1. The molecule has 0 spiro atoms. The fourth-order valence-corrected chi connectivity index (χ4v) is 5.16. The van der Waals surface area contributed by atoms with Crippen molar-refractivity contribution in [2.75, 3.05) is 16.6 Å². The van der Waals surface area contributed by atoms with Gasteiger partial charge in [0.05, 0.1) is 11.4 Å². The molecule has 0 radical (unpaired) electrons. The molecule has 1 aromatic rings. The van der Waals surface area contributed by atoms with Gasteiger partial charge in [-0.1, -0.05) is 22.9 Å². The number of hydrogen-bond donors (Lipinski definition) is 0. The SMILES string of the molecule is Cc1cc(Br)cc(C)c1N1CC(C)CS1(=O)=O. The summed E-state index contributed by atoms with van der Waals surface area (Å²) >= 11 is 3.43. The van der Waals surface area contributed by atoms with Gasteiger partial charge in [0.1, 0.15) is 0 Å². The summed E-state index contributed by atoms with van der Waals surface area (Å²) in [7, 11) is -3.13. The van der Waals surface area contributed by atoms with Gasteiger partial charge in [0.15, 0.2) is 0 Å². The molecule has 0 aromatic heterocycles. The summed E-state index contributed by atoms with van der Waals surface area (Å²) < 4.78 is 26.7. The highest BCUT2D eigenvalue weighted by Gasteiger charge is 2.35. The molecule has 0 amide bonds. The fourth-order valence-electron chi connectivity index (χ4n) is 2.43. The first-order valence-corrected chi connectivity index (χ1v) is 7.98. The average Bonchev–Trinajstić information content (AvgIpc) is 2.37. The Hall–Kier alpha value is -0.550. The lowest BCUT2D eigenvalue weighted by molar-refractivity contribution is 0.598. The van der Waals surface area contributed by atoms with Crippen molar-refractivity contribution in [1.82, 2.24) is 0 Å². The van der Waals surface area contributed by atoms with Crippen molar-refractivity contribution in [2.45, 2.75) is 20.8 Å². The van der Waals surface area contributed by atoms with E-state index in [2.05, 4.69) is 15.9 Å². The third-order valence-electron chi connectivity index (χ3n) is 3.01. The van der Waals surface area contributed by atoms with Crippen LogP contribution >= 0.6 is 15.9 Å². The first-order chi connectivity index (χ1) is 7.81. The van der Waals surface area contributed by atoms with E-state index in [9.17, 15) is 8.42 Å². The highest BCUT2D eigenvalue weighted by atomic mass is 79.9. The van der Waals surface area contributed by atoms with Crippen molar-refractivity contribution < 1.29 is 8.42 Å². The Balaban J connectivity index is 2.55. The molecule has 1 fully saturated rings. The number of hydrogen-bond acceptors (Lipinski definition) is 2. The summed E-state index contributed by atoms with van der Waals surface area (Å²) in [5.41, 5.74) is 2.83. The molecule has 0 N–H and O–H groups in total. The maximum absolute atomic E-state index is 12.1. The van der Waals surface area contributed by atoms with E-state index in [4.69, 9.17) is 0 Å². The minimum atomic E-state index is -3.13. The highest BCUT2D eigenvalue weighted by molar-refractivity contribution is 9.10. The molecule has 1 aromatic carbocycles. The molecule has 2 rings (SSSR count). The van der Waals surface area contributed by atoms with Crippen LogP contribution in [-0.4, -0.2) is 20.7 Å². The summed E-state index contributed by atoms with van der Waals surface area (Å²) in [4.78, 5) is 0. The van der Waals surface area contributed by atoms with E-state index in [1.54, 1.807) is 4.31 Å². The number of halogens is 1. The molecular formula is C12H16BrNO2S. The molecule has 1 aliphatic heterocycles. The van der Waals surface area contributed by atoms with Crippen molar-refractivity contribution in [1.29, 1.82) is 0 Å². The third kappa shape index (κ3) is 2.36. The quantitative estimate of drug-likeness (QED) is 0.798. The number of anilines is 1. The molecule has 1 atom stereocenters. The molecule has 17 heavy (non-hydrogen) atoms. The van der Waals surface area contributed by atoms with Crippen LogP contribution in [-0.2, 0) is 10.0 Å². The van der Waals surface area contributed by atoms with Gasteiger partial charge >= 0.3 is 0 Å². The van der Waals surface area contributed by atoms with E-state index in [1.165, 1.54) is 0 Å². The van der Waals surface area contributed by atoms with E-state index >= 15 is 0 Å². The van der Waals surface area contributed by atoms with Crippen LogP contribution in [0.4, 0.5) is 5.69 Å². The second-order valence-corrected chi connectivity index (χ2v) is 7.66. The first kappa shape index (κ1) is 12.9. The van der Waals surface area contributed by atoms with Gasteiger partial charge < -0.3 is 0 Å². The van der Waals surface area contributed by atoms with Crippen molar-refractivity contribution >= 4 is 31.6 Å². The lowest BCUT2D eigenvalue weighted by Crippen LogP contribution is -2.26. The summed E-state index contributed by atoms with van der Waals surface area (Å²) in [6, 6.07) is 3.92. The molecule has 1 saturated heterocycles. The highest BCUT2D eigenvalue weighted by Crippen LogP contribution is 2.34. The van der Waals surface area contributed by atoms with E-state index in [-0.39, 0.29) is 11.7 Å². The van der Waals surface area contributed by atoms with Gasteiger partial charge in [0.2, 0.25) is 10.0 Å². The van der Waals surface area contributed by atoms with Crippen molar-refractivity contribution in [3.8, 4) is 0 Å². The van der Waals surface area contributed by atoms with E-state index in [1.807, 2.05) is 32.9 Å². The monoisotopic (exact) mass is 317 g/mol. The van der Waals surface area contributed by atoms with Gasteiger partial charge in [-0.2, -0.15) is 0 Å². The number of rotatable bonds is 1. The summed E-state index contributed by atoms with van der Waals surface area (Å²) in [5.74, 6) is 0.449. The second kappa shape index (κ2) is 4.28. The van der Waals surface area contributed by atoms with Crippen LogP contribution < -0.4 is 4.31 Å². The largest absolute Gasteiger partial charge is 0.269 e. The molecule has 1 heterocycles.